The Labute approximate surface area is 492 Å². The molecule has 0 aromatic rings. The Bertz CT molecular complexity index is 1840. The summed E-state index contributed by atoms with van der Waals surface area (Å²) in [5.41, 5.74) is 0. The molecule has 0 aliphatic carbocycles. The molecular formula is C74H116O6. The molecular weight excluding hydrogens is 985 g/mol. The Morgan fingerprint density at radius 3 is 0.812 bits per heavy atom. The van der Waals surface area contributed by atoms with E-state index in [1.165, 1.54) is 64.2 Å². The van der Waals surface area contributed by atoms with Crippen molar-refractivity contribution in [1.29, 1.82) is 0 Å². The third-order valence-electron chi connectivity index (χ3n) is 12.9. The van der Waals surface area contributed by atoms with Crippen LogP contribution in [0.25, 0.3) is 0 Å². The zero-order chi connectivity index (χ0) is 57.8. The van der Waals surface area contributed by atoms with Gasteiger partial charge in [-0.2, -0.15) is 0 Å². The van der Waals surface area contributed by atoms with Crippen LogP contribution in [0, 0.1) is 0 Å². The predicted molar refractivity (Wildman–Crippen MR) is 348 cm³/mol. The fourth-order valence-corrected chi connectivity index (χ4v) is 8.21. The summed E-state index contributed by atoms with van der Waals surface area (Å²) in [4.78, 5) is 38.3. The minimum atomic E-state index is -0.839. The smallest absolute Gasteiger partial charge is 0.306 e. The number of rotatable bonds is 56. The molecule has 0 rings (SSSR count). The van der Waals surface area contributed by atoms with Crippen molar-refractivity contribution in [2.75, 3.05) is 13.2 Å². The van der Waals surface area contributed by atoms with E-state index >= 15 is 0 Å². The first-order valence-electron chi connectivity index (χ1n) is 32.1. The van der Waals surface area contributed by atoms with E-state index in [1.54, 1.807) is 0 Å². The Kier molecular flexibility index (Phi) is 61.9. The van der Waals surface area contributed by atoms with Crippen molar-refractivity contribution in [3.8, 4) is 0 Å². The zero-order valence-corrected chi connectivity index (χ0v) is 51.3. The van der Waals surface area contributed by atoms with Gasteiger partial charge in [-0.15, -0.1) is 0 Å². The number of carbonyl (C=O) groups is 3. The lowest BCUT2D eigenvalue weighted by Gasteiger charge is -2.18. The minimum Gasteiger partial charge on any atom is -0.462 e. The molecule has 0 saturated heterocycles. The number of carbonyl (C=O) groups excluding carboxylic acids is 3. The lowest BCUT2D eigenvalue weighted by Crippen LogP contribution is -2.30. The molecule has 0 heterocycles. The van der Waals surface area contributed by atoms with Crippen LogP contribution in [0.15, 0.2) is 170 Å². The molecule has 0 N–H and O–H groups in total. The summed E-state index contributed by atoms with van der Waals surface area (Å²) in [6, 6.07) is 0. The number of ether oxygens (including phenoxy) is 3. The van der Waals surface area contributed by atoms with E-state index in [9.17, 15) is 14.4 Å². The maximum absolute atomic E-state index is 12.9. The highest BCUT2D eigenvalue weighted by Gasteiger charge is 2.19. The second kappa shape index (κ2) is 66.3. The Hall–Kier alpha value is -5.23. The molecule has 0 saturated carbocycles. The second-order valence-electron chi connectivity index (χ2n) is 20.5. The molecule has 6 nitrogen and oxygen atoms in total. The highest BCUT2D eigenvalue weighted by Crippen LogP contribution is 2.14. The number of hydrogen-bond acceptors (Lipinski definition) is 6. The standard InChI is InChI=1S/C74H116O6/c1-4-7-10-13-16-19-22-25-28-31-33-34-35-36-37-38-39-40-42-43-46-49-52-55-58-61-64-67-73(76)79-70-71(69-78-72(75)66-63-60-57-54-51-48-45-30-27-24-21-18-15-12-9-6-3)80-74(77)68-65-62-59-56-53-50-47-44-41-32-29-26-23-20-17-14-11-8-5-2/h7-8,10-11,16-17,19-21,24-26,28-30,33-34,36-37,39-41,44-45,50,53,59,62,71H,4-6,9,12-15,18,22-23,27,31-32,35,38,42-43,46-49,51-52,54-58,60-61,63-70H2,1-3H3/b10-7-,11-8-,19-16-,20-17-,24-21-,28-25-,29-26-,34-33-,37-36-,40-39-,44-41-,45-30-,53-50-,62-59-. The van der Waals surface area contributed by atoms with E-state index in [-0.39, 0.29) is 31.6 Å². The summed E-state index contributed by atoms with van der Waals surface area (Å²) in [6.45, 7) is 6.31. The SMILES string of the molecule is CC/C=C\C/C=C\C/C=C\C/C=C\C/C=C\C/C=C\CCCCCCCCCCC(=O)OCC(COC(=O)CCCCCCC/C=C\C/C=C\CCCCCC)OC(=O)CC/C=C\C/C=C\C/C=C\C/C=C\C/C=C\C/C=C\CC. The molecule has 0 aliphatic rings. The molecule has 0 aliphatic heterocycles. The van der Waals surface area contributed by atoms with Crippen LogP contribution in [0.3, 0.4) is 0 Å². The van der Waals surface area contributed by atoms with Crippen LogP contribution in [0.2, 0.25) is 0 Å². The number of esters is 3. The molecule has 0 radical (unpaired) electrons. The van der Waals surface area contributed by atoms with Crippen molar-refractivity contribution in [3.63, 3.8) is 0 Å². The van der Waals surface area contributed by atoms with E-state index in [4.69, 9.17) is 14.2 Å². The fourth-order valence-electron chi connectivity index (χ4n) is 8.21. The molecule has 0 spiro atoms. The Morgan fingerprint density at radius 2 is 0.512 bits per heavy atom. The van der Waals surface area contributed by atoms with Gasteiger partial charge in [0.1, 0.15) is 13.2 Å². The van der Waals surface area contributed by atoms with Gasteiger partial charge in [0.2, 0.25) is 0 Å². The molecule has 80 heavy (non-hydrogen) atoms. The van der Waals surface area contributed by atoms with Gasteiger partial charge in [0.05, 0.1) is 0 Å². The third-order valence-corrected chi connectivity index (χ3v) is 12.9. The van der Waals surface area contributed by atoms with Crippen LogP contribution in [0.5, 0.6) is 0 Å². The third kappa shape index (κ3) is 63.6. The van der Waals surface area contributed by atoms with Gasteiger partial charge in [-0.1, -0.05) is 268 Å². The van der Waals surface area contributed by atoms with E-state index in [0.29, 0.717) is 19.3 Å². The second-order valence-corrected chi connectivity index (χ2v) is 20.5. The number of allylic oxidation sites excluding steroid dienone is 28. The summed E-state index contributed by atoms with van der Waals surface area (Å²) in [5, 5.41) is 0. The van der Waals surface area contributed by atoms with Crippen LogP contribution >= 0.6 is 0 Å². The van der Waals surface area contributed by atoms with E-state index in [0.717, 1.165) is 148 Å². The van der Waals surface area contributed by atoms with Crippen molar-refractivity contribution < 1.29 is 28.6 Å². The van der Waals surface area contributed by atoms with Gasteiger partial charge >= 0.3 is 17.9 Å². The van der Waals surface area contributed by atoms with Crippen LogP contribution < -0.4 is 0 Å². The monoisotopic (exact) mass is 1100 g/mol. The number of unbranched alkanes of at least 4 members (excludes halogenated alkanes) is 17. The molecule has 0 bridgehead atoms. The van der Waals surface area contributed by atoms with E-state index in [1.807, 2.05) is 12.2 Å². The molecule has 6 heteroatoms. The van der Waals surface area contributed by atoms with Crippen molar-refractivity contribution in [3.05, 3.63) is 170 Å². The van der Waals surface area contributed by atoms with Crippen LogP contribution in [-0.2, 0) is 28.6 Å². The lowest BCUT2D eigenvalue weighted by atomic mass is 10.1. The van der Waals surface area contributed by atoms with Crippen molar-refractivity contribution in [2.45, 2.75) is 264 Å². The van der Waals surface area contributed by atoms with Crippen molar-refractivity contribution in [1.82, 2.24) is 0 Å². The summed E-state index contributed by atoms with van der Waals surface area (Å²) >= 11 is 0. The van der Waals surface area contributed by atoms with Gasteiger partial charge in [0.25, 0.3) is 0 Å². The van der Waals surface area contributed by atoms with Crippen LogP contribution in [0.1, 0.15) is 258 Å². The quantitative estimate of drug-likeness (QED) is 0.0261. The predicted octanol–water partition coefficient (Wildman–Crippen LogP) is 22.3. The molecule has 0 fully saturated rings. The molecule has 448 valence electrons. The molecule has 0 amide bonds. The van der Waals surface area contributed by atoms with Gasteiger partial charge in [0.15, 0.2) is 6.10 Å². The van der Waals surface area contributed by atoms with Gasteiger partial charge in [-0.3, -0.25) is 14.4 Å². The highest BCUT2D eigenvalue weighted by molar-refractivity contribution is 5.71. The summed E-state index contributed by atoms with van der Waals surface area (Å²) in [5.74, 6) is -1.04. The largest absolute Gasteiger partial charge is 0.462 e. The first-order chi connectivity index (χ1) is 39.5. The highest BCUT2D eigenvalue weighted by atomic mass is 16.6. The maximum atomic E-state index is 12.9. The zero-order valence-electron chi connectivity index (χ0n) is 51.3. The Morgan fingerprint density at radius 1 is 0.263 bits per heavy atom. The van der Waals surface area contributed by atoms with Crippen molar-refractivity contribution >= 4 is 17.9 Å². The van der Waals surface area contributed by atoms with Crippen LogP contribution in [0.4, 0.5) is 0 Å². The lowest BCUT2D eigenvalue weighted by molar-refractivity contribution is -0.166. The number of hydrogen-bond donors (Lipinski definition) is 0. The molecule has 0 aromatic heterocycles. The van der Waals surface area contributed by atoms with Gasteiger partial charge in [-0.05, 0) is 141 Å². The first kappa shape index (κ1) is 74.8. The van der Waals surface area contributed by atoms with Gasteiger partial charge in [0, 0.05) is 19.3 Å². The fraction of sp³-hybridized carbons (Fsp3) is 0.581. The summed E-state index contributed by atoms with van der Waals surface area (Å²) in [7, 11) is 0. The topological polar surface area (TPSA) is 78.9 Å². The van der Waals surface area contributed by atoms with Crippen LogP contribution in [-0.4, -0.2) is 37.2 Å². The van der Waals surface area contributed by atoms with Gasteiger partial charge < -0.3 is 14.2 Å². The average Bonchev–Trinajstić information content (AvgIpc) is 3.46. The summed E-state index contributed by atoms with van der Waals surface area (Å²) in [6.07, 6.45) is 97.9. The molecule has 1 atom stereocenters. The average molecular weight is 1100 g/mol. The summed E-state index contributed by atoms with van der Waals surface area (Å²) < 4.78 is 16.8. The molecule has 0 aromatic carbocycles. The minimum absolute atomic E-state index is 0.125. The maximum Gasteiger partial charge on any atom is 0.306 e. The molecule has 1 unspecified atom stereocenters. The van der Waals surface area contributed by atoms with E-state index < -0.39 is 12.1 Å². The van der Waals surface area contributed by atoms with Crippen molar-refractivity contribution in [2.24, 2.45) is 0 Å². The first-order valence-corrected chi connectivity index (χ1v) is 32.1. The van der Waals surface area contributed by atoms with Gasteiger partial charge in [-0.25, -0.2) is 0 Å². The normalized spacial score (nSPS) is 13.3. The van der Waals surface area contributed by atoms with E-state index in [2.05, 4.69) is 179 Å². The Balaban J connectivity index is 4.51.